The van der Waals surface area contributed by atoms with Gasteiger partial charge in [0.1, 0.15) is 5.75 Å². The standard InChI is InChI=1S/C27H27N3O3S/c1-18(2)25(19-13-15-21(33-3)16-14-19)29-24(31)17-34-27-28-23-12-8-7-11-22(23)26(32)30(27)20-9-5-4-6-10-20/h4-16,18,25H,17H2,1-3H3,(H,29,31). The van der Waals surface area contributed by atoms with Crippen LogP contribution in [-0.4, -0.2) is 28.3 Å². The van der Waals surface area contributed by atoms with Crippen LogP contribution in [0.1, 0.15) is 25.5 Å². The number of para-hydroxylation sites is 2. The van der Waals surface area contributed by atoms with Gasteiger partial charge in [-0.2, -0.15) is 0 Å². The van der Waals surface area contributed by atoms with E-state index in [0.29, 0.717) is 21.7 Å². The summed E-state index contributed by atoms with van der Waals surface area (Å²) >= 11 is 1.25. The van der Waals surface area contributed by atoms with Gasteiger partial charge in [-0.1, -0.05) is 68.1 Å². The molecule has 1 N–H and O–H groups in total. The number of hydrogen-bond acceptors (Lipinski definition) is 5. The van der Waals surface area contributed by atoms with Crippen LogP contribution in [0.25, 0.3) is 16.6 Å². The molecular weight excluding hydrogens is 446 g/mol. The molecule has 0 fully saturated rings. The number of benzene rings is 3. The Morgan fingerprint density at radius 2 is 1.68 bits per heavy atom. The summed E-state index contributed by atoms with van der Waals surface area (Å²) in [4.78, 5) is 31.0. The van der Waals surface area contributed by atoms with Crippen molar-refractivity contribution in [1.29, 1.82) is 0 Å². The number of hydrogen-bond donors (Lipinski definition) is 1. The van der Waals surface area contributed by atoms with Crippen LogP contribution in [0.5, 0.6) is 5.75 Å². The number of fused-ring (bicyclic) bond motifs is 1. The molecule has 1 atom stereocenters. The highest BCUT2D eigenvalue weighted by Crippen LogP contribution is 2.25. The van der Waals surface area contributed by atoms with Gasteiger partial charge in [-0.25, -0.2) is 4.98 Å². The van der Waals surface area contributed by atoms with E-state index in [4.69, 9.17) is 9.72 Å². The van der Waals surface area contributed by atoms with Gasteiger partial charge in [-0.15, -0.1) is 0 Å². The van der Waals surface area contributed by atoms with Crippen molar-refractivity contribution in [1.82, 2.24) is 14.9 Å². The van der Waals surface area contributed by atoms with Gasteiger partial charge in [-0.3, -0.25) is 14.2 Å². The molecule has 174 valence electrons. The third-order valence-corrected chi connectivity index (χ3v) is 6.49. The van der Waals surface area contributed by atoms with Crippen molar-refractivity contribution >= 4 is 28.6 Å². The van der Waals surface area contributed by atoms with Crippen LogP contribution >= 0.6 is 11.8 Å². The number of thioether (sulfide) groups is 1. The van der Waals surface area contributed by atoms with Crippen molar-refractivity contribution in [2.75, 3.05) is 12.9 Å². The van der Waals surface area contributed by atoms with Crippen molar-refractivity contribution in [3.63, 3.8) is 0 Å². The molecule has 0 aliphatic heterocycles. The van der Waals surface area contributed by atoms with E-state index in [-0.39, 0.29) is 29.2 Å². The topological polar surface area (TPSA) is 73.2 Å². The number of ether oxygens (including phenoxy) is 1. The number of carbonyl (C=O) groups is 1. The average molecular weight is 474 g/mol. The van der Waals surface area contributed by atoms with E-state index >= 15 is 0 Å². The fourth-order valence-corrected chi connectivity index (χ4v) is 4.63. The molecule has 0 radical (unpaired) electrons. The predicted octanol–water partition coefficient (Wildman–Crippen LogP) is 5.00. The zero-order valence-corrected chi connectivity index (χ0v) is 20.2. The lowest BCUT2D eigenvalue weighted by Crippen LogP contribution is -2.33. The first-order valence-corrected chi connectivity index (χ1v) is 12.1. The van der Waals surface area contributed by atoms with Crippen LogP contribution in [0, 0.1) is 5.92 Å². The van der Waals surface area contributed by atoms with Gasteiger partial charge in [0.2, 0.25) is 5.91 Å². The summed E-state index contributed by atoms with van der Waals surface area (Å²) < 4.78 is 6.81. The third kappa shape index (κ3) is 5.15. The molecule has 1 heterocycles. The highest BCUT2D eigenvalue weighted by atomic mass is 32.2. The quantitative estimate of drug-likeness (QED) is 0.288. The first-order valence-electron chi connectivity index (χ1n) is 11.1. The van der Waals surface area contributed by atoms with E-state index < -0.39 is 0 Å². The van der Waals surface area contributed by atoms with Crippen molar-refractivity contribution in [3.05, 3.63) is 94.8 Å². The molecule has 4 aromatic rings. The molecule has 6 nitrogen and oxygen atoms in total. The van der Waals surface area contributed by atoms with Crippen LogP contribution < -0.4 is 15.6 Å². The summed E-state index contributed by atoms with van der Waals surface area (Å²) in [5, 5.41) is 4.16. The van der Waals surface area contributed by atoms with E-state index in [1.54, 1.807) is 17.7 Å². The number of nitrogens with one attached hydrogen (secondary N) is 1. The Bertz CT molecular complexity index is 1340. The molecule has 34 heavy (non-hydrogen) atoms. The summed E-state index contributed by atoms with van der Waals surface area (Å²) in [6.45, 7) is 4.14. The lowest BCUT2D eigenvalue weighted by Gasteiger charge is -2.23. The molecular formula is C27H27N3O3S. The van der Waals surface area contributed by atoms with Crippen LogP contribution in [0.15, 0.2) is 88.8 Å². The molecule has 0 spiro atoms. The minimum atomic E-state index is -0.155. The smallest absolute Gasteiger partial charge is 0.266 e. The predicted molar refractivity (Wildman–Crippen MR) is 137 cm³/mol. The largest absolute Gasteiger partial charge is 0.497 e. The van der Waals surface area contributed by atoms with Crippen LogP contribution in [0.4, 0.5) is 0 Å². The number of amides is 1. The Kier molecular flexibility index (Phi) is 7.33. The van der Waals surface area contributed by atoms with Gasteiger partial charge in [0.05, 0.1) is 35.5 Å². The molecule has 0 aliphatic carbocycles. The molecule has 0 aliphatic rings. The second-order valence-corrected chi connectivity index (χ2v) is 9.18. The Labute approximate surface area is 203 Å². The zero-order chi connectivity index (χ0) is 24.1. The van der Waals surface area contributed by atoms with Crippen molar-refractivity contribution in [2.45, 2.75) is 25.0 Å². The molecule has 1 amide bonds. The summed E-state index contributed by atoms with van der Waals surface area (Å²) in [6.07, 6.45) is 0. The number of carbonyl (C=O) groups excluding carboxylic acids is 1. The Morgan fingerprint density at radius 3 is 2.35 bits per heavy atom. The first kappa shape index (κ1) is 23.6. The number of methoxy groups -OCH3 is 1. The van der Waals surface area contributed by atoms with E-state index in [1.807, 2.05) is 72.8 Å². The van der Waals surface area contributed by atoms with Gasteiger partial charge in [0.15, 0.2) is 5.16 Å². The minimum absolute atomic E-state index is 0.124. The maximum absolute atomic E-state index is 13.3. The second kappa shape index (κ2) is 10.6. The van der Waals surface area contributed by atoms with E-state index in [2.05, 4.69) is 19.2 Å². The maximum Gasteiger partial charge on any atom is 0.266 e. The summed E-state index contributed by atoms with van der Waals surface area (Å²) in [5.74, 6) is 0.983. The molecule has 0 saturated heterocycles. The van der Waals surface area contributed by atoms with Gasteiger partial charge in [-0.05, 0) is 47.9 Å². The molecule has 1 aromatic heterocycles. The van der Waals surface area contributed by atoms with Crippen molar-refractivity contribution < 1.29 is 9.53 Å². The average Bonchev–Trinajstić information content (AvgIpc) is 2.86. The van der Waals surface area contributed by atoms with E-state index in [1.165, 1.54) is 11.8 Å². The molecule has 4 rings (SSSR count). The normalized spacial score (nSPS) is 12.0. The number of rotatable bonds is 8. The maximum atomic E-state index is 13.3. The molecule has 0 saturated carbocycles. The SMILES string of the molecule is COc1ccc(C(NC(=O)CSc2nc3ccccc3c(=O)n2-c2ccccc2)C(C)C)cc1. The number of aromatic nitrogens is 2. The summed E-state index contributed by atoms with van der Waals surface area (Å²) in [5.41, 5.74) is 2.19. The van der Waals surface area contributed by atoms with Crippen LogP contribution in [0.3, 0.4) is 0 Å². The van der Waals surface area contributed by atoms with E-state index in [9.17, 15) is 9.59 Å². The van der Waals surface area contributed by atoms with Crippen molar-refractivity contribution in [2.24, 2.45) is 5.92 Å². The third-order valence-electron chi connectivity index (χ3n) is 5.55. The molecule has 3 aromatic carbocycles. The fraction of sp³-hybridized carbons (Fsp3) is 0.222. The monoisotopic (exact) mass is 473 g/mol. The lowest BCUT2D eigenvalue weighted by molar-refractivity contribution is -0.119. The first-order chi connectivity index (χ1) is 16.5. The fourth-order valence-electron chi connectivity index (χ4n) is 3.81. The second-order valence-electron chi connectivity index (χ2n) is 8.24. The zero-order valence-electron chi connectivity index (χ0n) is 19.4. The Morgan fingerprint density at radius 1 is 1.00 bits per heavy atom. The summed E-state index contributed by atoms with van der Waals surface area (Å²) in [7, 11) is 1.63. The Balaban J connectivity index is 1.58. The van der Waals surface area contributed by atoms with Gasteiger partial charge in [0.25, 0.3) is 5.56 Å². The van der Waals surface area contributed by atoms with E-state index in [0.717, 1.165) is 11.3 Å². The molecule has 0 bridgehead atoms. The van der Waals surface area contributed by atoms with Crippen LogP contribution in [0.2, 0.25) is 0 Å². The van der Waals surface area contributed by atoms with Gasteiger partial charge >= 0.3 is 0 Å². The minimum Gasteiger partial charge on any atom is -0.497 e. The summed E-state index contributed by atoms with van der Waals surface area (Å²) in [6, 6.07) is 24.2. The Hall–Kier alpha value is -3.58. The molecule has 7 heteroatoms. The molecule has 1 unspecified atom stereocenters. The van der Waals surface area contributed by atoms with Crippen molar-refractivity contribution in [3.8, 4) is 11.4 Å². The highest BCUT2D eigenvalue weighted by Gasteiger charge is 2.20. The highest BCUT2D eigenvalue weighted by molar-refractivity contribution is 7.99. The van der Waals surface area contributed by atoms with Crippen LogP contribution in [-0.2, 0) is 4.79 Å². The van der Waals surface area contributed by atoms with Gasteiger partial charge in [0, 0.05) is 0 Å². The van der Waals surface area contributed by atoms with Gasteiger partial charge < -0.3 is 10.1 Å². The number of nitrogens with zero attached hydrogens (tertiary/aromatic N) is 2. The lowest BCUT2D eigenvalue weighted by atomic mass is 9.96.